The van der Waals surface area contributed by atoms with E-state index in [-0.39, 0.29) is 11.5 Å². The Morgan fingerprint density at radius 3 is 2.38 bits per heavy atom. The number of imidazole rings is 1. The molecule has 3 aromatic heterocycles. The fraction of sp³-hybridized carbons (Fsp3) is 0.448. The van der Waals surface area contributed by atoms with Gasteiger partial charge in [0.15, 0.2) is 11.5 Å². The highest BCUT2D eigenvalue weighted by atomic mass is 15.3. The molecule has 8 heteroatoms. The summed E-state index contributed by atoms with van der Waals surface area (Å²) in [6.45, 7) is 17.8. The molecule has 0 aliphatic carbocycles. The summed E-state index contributed by atoms with van der Waals surface area (Å²) in [5.74, 6) is 1.54. The summed E-state index contributed by atoms with van der Waals surface area (Å²) in [5.41, 5.74) is 6.55. The molecular formula is C29H38N8. The highest BCUT2D eigenvalue weighted by molar-refractivity contribution is 5.87. The van der Waals surface area contributed by atoms with Crippen LogP contribution in [-0.2, 0) is 12.0 Å². The molecule has 37 heavy (non-hydrogen) atoms. The predicted octanol–water partition coefficient (Wildman–Crippen LogP) is 5.47. The Morgan fingerprint density at radius 2 is 1.70 bits per heavy atom. The van der Waals surface area contributed by atoms with Crippen LogP contribution in [0.4, 0.5) is 17.5 Å². The molecule has 1 fully saturated rings. The fourth-order valence-electron chi connectivity index (χ4n) is 4.76. The molecule has 1 aliphatic heterocycles. The standard InChI is InChI=1S/C29H38N8/c1-20(2)37-19-31-26-25(37)27(32-24-17-23(29(4,5)6)8-7-21(24)3)34-28(33-26)36-15-13-35(14-16-36)18-22-9-11-30-12-10-22/h7-12,17,19-20H,13-16,18H2,1-6H3,(H,32,33,34). The number of fused-ring (bicyclic) bond motifs is 1. The molecule has 5 rings (SSSR count). The van der Waals surface area contributed by atoms with Gasteiger partial charge in [-0.1, -0.05) is 32.9 Å². The SMILES string of the molecule is Cc1ccc(C(C)(C)C)cc1Nc1nc(N2CCN(Cc3ccncc3)CC2)nc2ncn(C(C)C)c12. The van der Waals surface area contributed by atoms with Crippen LogP contribution >= 0.6 is 0 Å². The van der Waals surface area contributed by atoms with E-state index in [9.17, 15) is 0 Å². The third-order valence-electron chi connectivity index (χ3n) is 7.14. The zero-order valence-electron chi connectivity index (χ0n) is 22.9. The maximum atomic E-state index is 5.09. The molecule has 0 saturated carbocycles. The van der Waals surface area contributed by atoms with Crippen molar-refractivity contribution in [2.75, 3.05) is 36.4 Å². The highest BCUT2D eigenvalue weighted by Gasteiger charge is 2.23. The molecule has 1 N–H and O–H groups in total. The molecule has 0 radical (unpaired) electrons. The van der Waals surface area contributed by atoms with Gasteiger partial charge in [0.05, 0.1) is 6.33 Å². The van der Waals surface area contributed by atoms with Gasteiger partial charge in [0, 0.05) is 56.8 Å². The third-order valence-corrected chi connectivity index (χ3v) is 7.14. The Labute approximate surface area is 219 Å². The molecule has 1 aliphatic rings. The van der Waals surface area contributed by atoms with E-state index in [2.05, 4.69) is 102 Å². The monoisotopic (exact) mass is 498 g/mol. The molecule has 0 amide bonds. The number of anilines is 3. The Morgan fingerprint density at radius 1 is 0.973 bits per heavy atom. The van der Waals surface area contributed by atoms with Crippen LogP contribution in [0.5, 0.6) is 0 Å². The minimum absolute atomic E-state index is 0.0614. The highest BCUT2D eigenvalue weighted by Crippen LogP contribution is 2.32. The number of benzene rings is 1. The van der Waals surface area contributed by atoms with E-state index in [0.717, 1.165) is 61.3 Å². The lowest BCUT2D eigenvalue weighted by Gasteiger charge is -2.34. The van der Waals surface area contributed by atoms with Crippen molar-refractivity contribution in [3.63, 3.8) is 0 Å². The zero-order valence-corrected chi connectivity index (χ0v) is 22.9. The quantitative estimate of drug-likeness (QED) is 0.378. The van der Waals surface area contributed by atoms with Crippen molar-refractivity contribution in [1.29, 1.82) is 0 Å². The number of aromatic nitrogens is 5. The van der Waals surface area contributed by atoms with Gasteiger partial charge in [-0.2, -0.15) is 9.97 Å². The maximum Gasteiger partial charge on any atom is 0.229 e. The second kappa shape index (κ2) is 10.1. The van der Waals surface area contributed by atoms with Crippen LogP contribution in [0.3, 0.4) is 0 Å². The minimum Gasteiger partial charge on any atom is -0.338 e. The van der Waals surface area contributed by atoms with Crippen LogP contribution in [-0.4, -0.2) is 55.6 Å². The number of aryl methyl sites for hydroxylation is 1. The molecule has 1 saturated heterocycles. The minimum atomic E-state index is 0.0614. The normalized spacial score (nSPS) is 15.1. The Hall–Kier alpha value is -3.52. The Balaban J connectivity index is 1.45. The second-order valence-electron chi connectivity index (χ2n) is 11.3. The smallest absolute Gasteiger partial charge is 0.229 e. The van der Waals surface area contributed by atoms with Gasteiger partial charge in [-0.25, -0.2) is 4.98 Å². The van der Waals surface area contributed by atoms with Crippen molar-refractivity contribution >= 4 is 28.6 Å². The first-order valence-electron chi connectivity index (χ1n) is 13.2. The molecule has 194 valence electrons. The first kappa shape index (κ1) is 25.1. The fourth-order valence-corrected chi connectivity index (χ4v) is 4.76. The van der Waals surface area contributed by atoms with Crippen molar-refractivity contribution in [2.24, 2.45) is 0 Å². The van der Waals surface area contributed by atoms with Gasteiger partial charge in [-0.3, -0.25) is 9.88 Å². The van der Waals surface area contributed by atoms with Crippen LogP contribution in [0.1, 0.15) is 57.4 Å². The molecule has 0 bridgehead atoms. The average molecular weight is 499 g/mol. The molecule has 0 unspecified atom stereocenters. The summed E-state index contributed by atoms with van der Waals surface area (Å²) in [6, 6.07) is 11.1. The first-order chi connectivity index (χ1) is 17.7. The van der Waals surface area contributed by atoms with Gasteiger partial charge in [0.2, 0.25) is 5.95 Å². The van der Waals surface area contributed by atoms with E-state index < -0.39 is 0 Å². The zero-order chi connectivity index (χ0) is 26.2. The molecule has 8 nitrogen and oxygen atoms in total. The second-order valence-corrected chi connectivity index (χ2v) is 11.3. The molecule has 4 heterocycles. The van der Waals surface area contributed by atoms with Crippen LogP contribution in [0.2, 0.25) is 0 Å². The number of rotatable bonds is 6. The van der Waals surface area contributed by atoms with E-state index in [1.165, 1.54) is 16.7 Å². The topological polar surface area (TPSA) is 75.0 Å². The molecular weight excluding hydrogens is 460 g/mol. The Bertz CT molecular complexity index is 1360. The summed E-state index contributed by atoms with van der Waals surface area (Å²) in [5, 5.41) is 3.68. The van der Waals surface area contributed by atoms with Gasteiger partial charge in [0.25, 0.3) is 0 Å². The van der Waals surface area contributed by atoms with Crippen LogP contribution in [0.15, 0.2) is 49.1 Å². The lowest BCUT2D eigenvalue weighted by Crippen LogP contribution is -2.46. The van der Waals surface area contributed by atoms with Crippen molar-refractivity contribution in [2.45, 2.75) is 59.5 Å². The largest absolute Gasteiger partial charge is 0.338 e. The maximum absolute atomic E-state index is 5.09. The van der Waals surface area contributed by atoms with E-state index in [0.29, 0.717) is 0 Å². The number of hydrogen-bond acceptors (Lipinski definition) is 7. The molecule has 0 atom stereocenters. The van der Waals surface area contributed by atoms with Crippen molar-refractivity contribution < 1.29 is 0 Å². The lowest BCUT2D eigenvalue weighted by atomic mass is 9.86. The van der Waals surface area contributed by atoms with Gasteiger partial charge in [-0.05, 0) is 61.1 Å². The van der Waals surface area contributed by atoms with Gasteiger partial charge in [0.1, 0.15) is 5.52 Å². The van der Waals surface area contributed by atoms with Crippen LogP contribution < -0.4 is 10.2 Å². The number of nitrogens with one attached hydrogen (secondary N) is 1. The lowest BCUT2D eigenvalue weighted by molar-refractivity contribution is 0.248. The summed E-state index contributed by atoms with van der Waals surface area (Å²) in [4.78, 5) is 23.6. The van der Waals surface area contributed by atoms with Crippen molar-refractivity contribution in [3.05, 3.63) is 65.7 Å². The van der Waals surface area contributed by atoms with Gasteiger partial charge < -0.3 is 14.8 Å². The summed E-state index contributed by atoms with van der Waals surface area (Å²) in [6.07, 6.45) is 5.60. The van der Waals surface area contributed by atoms with E-state index in [1.54, 1.807) is 0 Å². The van der Waals surface area contributed by atoms with Gasteiger partial charge >= 0.3 is 0 Å². The molecule has 1 aromatic carbocycles. The van der Waals surface area contributed by atoms with Crippen LogP contribution in [0.25, 0.3) is 11.2 Å². The predicted molar refractivity (Wildman–Crippen MR) is 151 cm³/mol. The Kier molecular flexibility index (Phi) is 6.86. The summed E-state index contributed by atoms with van der Waals surface area (Å²) in [7, 11) is 0. The summed E-state index contributed by atoms with van der Waals surface area (Å²) >= 11 is 0. The number of pyridine rings is 1. The van der Waals surface area contributed by atoms with E-state index in [1.807, 2.05) is 18.7 Å². The number of nitrogens with zero attached hydrogens (tertiary/aromatic N) is 7. The third kappa shape index (κ3) is 5.44. The van der Waals surface area contributed by atoms with Crippen molar-refractivity contribution in [1.82, 2.24) is 29.4 Å². The van der Waals surface area contributed by atoms with Gasteiger partial charge in [-0.15, -0.1) is 0 Å². The number of piperazine rings is 1. The van der Waals surface area contributed by atoms with Crippen molar-refractivity contribution in [3.8, 4) is 0 Å². The van der Waals surface area contributed by atoms with E-state index in [4.69, 9.17) is 9.97 Å². The van der Waals surface area contributed by atoms with E-state index >= 15 is 0 Å². The molecule has 0 spiro atoms. The van der Waals surface area contributed by atoms with Crippen LogP contribution in [0, 0.1) is 6.92 Å². The number of hydrogen-bond donors (Lipinski definition) is 1. The first-order valence-corrected chi connectivity index (χ1v) is 13.2. The summed E-state index contributed by atoms with van der Waals surface area (Å²) < 4.78 is 2.15. The molecule has 4 aromatic rings. The average Bonchev–Trinajstić information content (AvgIpc) is 3.31.